The molecule has 3 aromatic carbocycles. The topological polar surface area (TPSA) is 47.6 Å². The predicted octanol–water partition coefficient (Wildman–Crippen LogP) is 3.65. The second-order valence-electron chi connectivity index (χ2n) is 6.35. The lowest BCUT2D eigenvalue weighted by Gasteiger charge is -2.23. The quantitative estimate of drug-likeness (QED) is 0.784. The zero-order valence-corrected chi connectivity index (χ0v) is 14.5. The van der Waals surface area contributed by atoms with Gasteiger partial charge < -0.3 is 14.8 Å². The van der Waals surface area contributed by atoms with E-state index in [-0.39, 0.29) is 12.0 Å². The SMILES string of the molecule is O=C(NC[C@H]1COCCO1)c1ccccc1-c1cccc2ccccc12. The molecule has 0 aliphatic carbocycles. The second-order valence-corrected chi connectivity index (χ2v) is 6.35. The Morgan fingerprint density at radius 2 is 1.69 bits per heavy atom. The average Bonchev–Trinajstić information content (AvgIpc) is 2.72. The Balaban J connectivity index is 1.63. The van der Waals surface area contributed by atoms with Gasteiger partial charge >= 0.3 is 0 Å². The fourth-order valence-corrected chi connectivity index (χ4v) is 3.33. The van der Waals surface area contributed by atoms with E-state index in [9.17, 15) is 4.79 Å². The molecule has 0 saturated carbocycles. The highest BCUT2D eigenvalue weighted by Crippen LogP contribution is 2.31. The Morgan fingerprint density at radius 1 is 0.923 bits per heavy atom. The summed E-state index contributed by atoms with van der Waals surface area (Å²) < 4.78 is 11.0. The third kappa shape index (κ3) is 3.47. The molecule has 1 atom stereocenters. The van der Waals surface area contributed by atoms with Crippen molar-refractivity contribution < 1.29 is 14.3 Å². The Hall–Kier alpha value is -2.69. The molecule has 0 radical (unpaired) electrons. The number of ether oxygens (including phenoxy) is 2. The van der Waals surface area contributed by atoms with Crippen LogP contribution in [0.1, 0.15) is 10.4 Å². The maximum atomic E-state index is 12.8. The summed E-state index contributed by atoms with van der Waals surface area (Å²) in [6, 6.07) is 22.1. The van der Waals surface area contributed by atoms with Crippen LogP contribution in [0.5, 0.6) is 0 Å². The normalized spacial score (nSPS) is 17.2. The predicted molar refractivity (Wildman–Crippen MR) is 102 cm³/mol. The molecule has 3 aromatic rings. The van der Waals surface area contributed by atoms with Crippen LogP contribution in [-0.2, 0) is 9.47 Å². The summed E-state index contributed by atoms with van der Waals surface area (Å²) >= 11 is 0. The van der Waals surface area contributed by atoms with Gasteiger partial charge in [-0.3, -0.25) is 4.79 Å². The molecule has 4 rings (SSSR count). The van der Waals surface area contributed by atoms with E-state index in [0.29, 0.717) is 31.9 Å². The first-order valence-corrected chi connectivity index (χ1v) is 8.87. The largest absolute Gasteiger partial charge is 0.376 e. The summed E-state index contributed by atoms with van der Waals surface area (Å²) in [7, 11) is 0. The third-order valence-electron chi connectivity index (χ3n) is 4.63. The molecule has 0 spiro atoms. The van der Waals surface area contributed by atoms with Gasteiger partial charge in [-0.05, 0) is 28.0 Å². The minimum atomic E-state index is -0.0947. The van der Waals surface area contributed by atoms with Gasteiger partial charge in [-0.2, -0.15) is 0 Å². The van der Waals surface area contributed by atoms with Crippen LogP contribution in [0.3, 0.4) is 0 Å². The number of fused-ring (bicyclic) bond motifs is 1. The number of rotatable bonds is 4. The van der Waals surface area contributed by atoms with Gasteiger partial charge in [-0.25, -0.2) is 0 Å². The van der Waals surface area contributed by atoms with Crippen LogP contribution in [0.4, 0.5) is 0 Å². The fraction of sp³-hybridized carbons (Fsp3) is 0.227. The van der Waals surface area contributed by atoms with Crippen molar-refractivity contribution >= 4 is 16.7 Å². The van der Waals surface area contributed by atoms with Gasteiger partial charge in [0.1, 0.15) is 0 Å². The van der Waals surface area contributed by atoms with Gasteiger partial charge in [0.05, 0.1) is 25.9 Å². The van der Waals surface area contributed by atoms with Crippen molar-refractivity contribution in [1.29, 1.82) is 0 Å². The van der Waals surface area contributed by atoms with Crippen LogP contribution in [0.2, 0.25) is 0 Å². The van der Waals surface area contributed by atoms with Crippen LogP contribution in [0.15, 0.2) is 66.7 Å². The molecule has 0 unspecified atom stereocenters. The Bertz CT molecular complexity index is 911. The number of carbonyl (C=O) groups is 1. The highest BCUT2D eigenvalue weighted by atomic mass is 16.6. The lowest BCUT2D eigenvalue weighted by Crippen LogP contribution is -2.39. The molecule has 1 amide bonds. The molecule has 1 aliphatic rings. The van der Waals surface area contributed by atoms with Gasteiger partial charge in [-0.1, -0.05) is 60.7 Å². The van der Waals surface area contributed by atoms with Crippen LogP contribution < -0.4 is 5.32 Å². The molecule has 0 bridgehead atoms. The highest BCUT2D eigenvalue weighted by molar-refractivity contribution is 6.05. The number of amides is 1. The lowest BCUT2D eigenvalue weighted by atomic mass is 9.94. The number of nitrogens with one attached hydrogen (secondary N) is 1. The molecule has 4 heteroatoms. The van der Waals surface area contributed by atoms with Crippen LogP contribution in [0, 0.1) is 0 Å². The first kappa shape index (κ1) is 16.8. The van der Waals surface area contributed by atoms with Crippen molar-refractivity contribution in [2.24, 2.45) is 0 Å². The summed E-state index contributed by atoms with van der Waals surface area (Å²) in [6.45, 7) is 2.16. The molecular weight excluding hydrogens is 326 g/mol. The molecule has 1 aliphatic heterocycles. The van der Waals surface area contributed by atoms with Gasteiger partial charge in [0.25, 0.3) is 5.91 Å². The Morgan fingerprint density at radius 3 is 2.58 bits per heavy atom. The van der Waals surface area contributed by atoms with E-state index in [2.05, 4.69) is 29.6 Å². The monoisotopic (exact) mass is 347 g/mol. The molecule has 4 nitrogen and oxygen atoms in total. The van der Waals surface area contributed by atoms with Crippen molar-refractivity contribution in [2.45, 2.75) is 6.10 Å². The molecule has 1 fully saturated rings. The first-order chi connectivity index (χ1) is 12.8. The minimum absolute atomic E-state index is 0.0857. The summed E-state index contributed by atoms with van der Waals surface area (Å²) in [5.41, 5.74) is 2.66. The highest BCUT2D eigenvalue weighted by Gasteiger charge is 2.18. The van der Waals surface area contributed by atoms with E-state index in [4.69, 9.17) is 9.47 Å². The van der Waals surface area contributed by atoms with Crippen LogP contribution >= 0.6 is 0 Å². The summed E-state index contributed by atoms with van der Waals surface area (Å²) in [5, 5.41) is 5.28. The number of hydrogen-bond acceptors (Lipinski definition) is 3. The molecule has 26 heavy (non-hydrogen) atoms. The second kappa shape index (κ2) is 7.68. The van der Waals surface area contributed by atoms with Crippen LogP contribution in [0.25, 0.3) is 21.9 Å². The maximum absolute atomic E-state index is 12.8. The van der Waals surface area contributed by atoms with E-state index in [1.165, 1.54) is 0 Å². The summed E-state index contributed by atoms with van der Waals surface area (Å²) in [5.74, 6) is -0.0947. The van der Waals surface area contributed by atoms with Gasteiger partial charge in [0, 0.05) is 12.1 Å². The lowest BCUT2D eigenvalue weighted by molar-refractivity contribution is -0.0855. The van der Waals surface area contributed by atoms with E-state index < -0.39 is 0 Å². The van der Waals surface area contributed by atoms with Gasteiger partial charge in [0.15, 0.2) is 0 Å². The first-order valence-electron chi connectivity index (χ1n) is 8.87. The number of carbonyl (C=O) groups excluding carboxylic acids is 1. The van der Waals surface area contributed by atoms with Gasteiger partial charge in [-0.15, -0.1) is 0 Å². The molecule has 132 valence electrons. The Labute approximate surface area is 152 Å². The third-order valence-corrected chi connectivity index (χ3v) is 4.63. The molecule has 1 N–H and O–H groups in total. The van der Waals surface area contributed by atoms with Gasteiger partial charge in [0.2, 0.25) is 0 Å². The molecule has 1 saturated heterocycles. The van der Waals surface area contributed by atoms with E-state index in [0.717, 1.165) is 21.9 Å². The molecular formula is C22H21NO3. The fourth-order valence-electron chi connectivity index (χ4n) is 3.33. The van der Waals surface area contributed by atoms with E-state index in [1.54, 1.807) is 0 Å². The molecule has 1 heterocycles. The van der Waals surface area contributed by atoms with E-state index in [1.807, 2.05) is 42.5 Å². The number of benzene rings is 3. The van der Waals surface area contributed by atoms with Crippen LogP contribution in [-0.4, -0.2) is 38.4 Å². The van der Waals surface area contributed by atoms with Crippen molar-refractivity contribution in [1.82, 2.24) is 5.32 Å². The van der Waals surface area contributed by atoms with Crippen molar-refractivity contribution in [3.8, 4) is 11.1 Å². The minimum Gasteiger partial charge on any atom is -0.376 e. The van der Waals surface area contributed by atoms with Crippen molar-refractivity contribution in [3.63, 3.8) is 0 Å². The van der Waals surface area contributed by atoms with Crippen molar-refractivity contribution in [3.05, 3.63) is 72.3 Å². The Kier molecular flexibility index (Phi) is 4.95. The van der Waals surface area contributed by atoms with Crippen molar-refractivity contribution in [2.75, 3.05) is 26.4 Å². The molecule has 0 aromatic heterocycles. The zero-order chi connectivity index (χ0) is 17.8. The summed E-state index contributed by atoms with van der Waals surface area (Å²) in [6.07, 6.45) is -0.0857. The maximum Gasteiger partial charge on any atom is 0.252 e. The smallest absolute Gasteiger partial charge is 0.252 e. The average molecular weight is 347 g/mol. The van der Waals surface area contributed by atoms with E-state index >= 15 is 0 Å². The summed E-state index contributed by atoms with van der Waals surface area (Å²) in [4.78, 5) is 12.8. The standard InChI is InChI=1S/C22H21NO3/c24-22(23-14-17-15-25-12-13-26-17)21-10-4-3-9-20(21)19-11-5-7-16-6-1-2-8-18(16)19/h1-11,17H,12-15H2,(H,23,24)/t17-/m0/s1. The number of hydrogen-bond donors (Lipinski definition) is 1. The zero-order valence-electron chi connectivity index (χ0n) is 14.5.